The number of benzene rings is 2. The lowest BCUT2D eigenvalue weighted by atomic mass is 10.1. The lowest BCUT2D eigenvalue weighted by Gasteiger charge is -2.08. The van der Waals surface area contributed by atoms with E-state index in [1.165, 1.54) is 13.0 Å². The summed E-state index contributed by atoms with van der Waals surface area (Å²) in [5.74, 6) is -0.565. The minimum Gasteiger partial charge on any atom is -0.326 e. The molecule has 0 aliphatic carbocycles. The largest absolute Gasteiger partial charge is 0.326 e. The number of carbonyl (C=O) groups is 2. The van der Waals surface area contributed by atoms with Crippen LogP contribution >= 0.6 is 0 Å². The molecular formula is C18H20FN3O2. The molecule has 0 atom stereocenters. The van der Waals surface area contributed by atoms with Gasteiger partial charge in [-0.15, -0.1) is 0 Å². The highest BCUT2D eigenvalue weighted by molar-refractivity contribution is 5.93. The number of rotatable bonds is 7. The average molecular weight is 329 g/mol. The molecule has 0 saturated carbocycles. The Balaban J connectivity index is 1.71. The highest BCUT2D eigenvalue weighted by Crippen LogP contribution is 2.13. The van der Waals surface area contributed by atoms with Gasteiger partial charge in [-0.1, -0.05) is 18.2 Å². The third-order valence-corrected chi connectivity index (χ3v) is 3.30. The van der Waals surface area contributed by atoms with Crippen molar-refractivity contribution in [2.75, 3.05) is 23.7 Å². The van der Waals surface area contributed by atoms with Crippen molar-refractivity contribution in [2.45, 2.75) is 13.3 Å². The maximum atomic E-state index is 13.4. The number of carbonyl (C=O) groups excluding carboxylic acids is 2. The Kier molecular flexibility index (Phi) is 6.45. The van der Waals surface area contributed by atoms with Crippen LogP contribution in [0.3, 0.4) is 0 Å². The number of amides is 2. The number of hydrogen-bond donors (Lipinski definition) is 3. The van der Waals surface area contributed by atoms with E-state index in [-0.39, 0.29) is 24.2 Å². The molecule has 5 nitrogen and oxygen atoms in total. The number of anilines is 2. The SMILES string of the molecule is CC(=O)Nc1ccc(NC(=O)CNCCc2ccccc2F)cc1. The van der Waals surface area contributed by atoms with Gasteiger partial charge < -0.3 is 16.0 Å². The molecule has 0 aliphatic heterocycles. The lowest BCUT2D eigenvalue weighted by Crippen LogP contribution is -2.29. The standard InChI is InChI=1S/C18H20FN3O2/c1-13(23)21-15-6-8-16(9-7-15)22-18(24)12-20-11-10-14-4-2-3-5-17(14)19/h2-9,20H,10-12H2,1H3,(H,21,23)(H,22,24). The maximum absolute atomic E-state index is 13.4. The van der Waals surface area contributed by atoms with Gasteiger partial charge in [0.05, 0.1) is 6.54 Å². The Labute approximate surface area is 140 Å². The van der Waals surface area contributed by atoms with Crippen LogP contribution in [0.5, 0.6) is 0 Å². The molecule has 0 unspecified atom stereocenters. The molecule has 24 heavy (non-hydrogen) atoms. The molecule has 2 amide bonds. The van der Waals surface area contributed by atoms with E-state index in [1.54, 1.807) is 42.5 Å². The first-order valence-electron chi connectivity index (χ1n) is 7.66. The zero-order valence-corrected chi connectivity index (χ0v) is 13.4. The smallest absolute Gasteiger partial charge is 0.238 e. The summed E-state index contributed by atoms with van der Waals surface area (Å²) < 4.78 is 13.4. The topological polar surface area (TPSA) is 70.2 Å². The van der Waals surface area contributed by atoms with E-state index < -0.39 is 0 Å². The average Bonchev–Trinajstić information content (AvgIpc) is 2.54. The molecule has 0 radical (unpaired) electrons. The fourth-order valence-electron chi connectivity index (χ4n) is 2.17. The Morgan fingerprint density at radius 1 is 0.958 bits per heavy atom. The van der Waals surface area contributed by atoms with Gasteiger partial charge in [0.1, 0.15) is 5.82 Å². The molecule has 0 saturated heterocycles. The summed E-state index contributed by atoms with van der Waals surface area (Å²) in [4.78, 5) is 22.8. The third-order valence-electron chi connectivity index (χ3n) is 3.30. The van der Waals surface area contributed by atoms with Crippen molar-refractivity contribution in [3.05, 3.63) is 59.9 Å². The summed E-state index contributed by atoms with van der Waals surface area (Å²) in [6, 6.07) is 13.4. The molecule has 126 valence electrons. The van der Waals surface area contributed by atoms with Crippen LogP contribution < -0.4 is 16.0 Å². The Hall–Kier alpha value is -2.73. The molecule has 0 bridgehead atoms. The Bertz CT molecular complexity index is 702. The molecule has 2 aromatic carbocycles. The van der Waals surface area contributed by atoms with E-state index in [0.29, 0.717) is 29.9 Å². The van der Waals surface area contributed by atoms with E-state index in [1.807, 2.05) is 0 Å². The van der Waals surface area contributed by atoms with Gasteiger partial charge in [-0.25, -0.2) is 4.39 Å². The summed E-state index contributed by atoms with van der Waals surface area (Å²) in [6.07, 6.45) is 0.519. The van der Waals surface area contributed by atoms with Crippen molar-refractivity contribution in [3.63, 3.8) is 0 Å². The van der Waals surface area contributed by atoms with Crippen LogP contribution in [0.25, 0.3) is 0 Å². The summed E-state index contributed by atoms with van der Waals surface area (Å²) >= 11 is 0. The van der Waals surface area contributed by atoms with Crippen molar-refractivity contribution in [1.29, 1.82) is 0 Å². The van der Waals surface area contributed by atoms with Gasteiger partial charge in [-0.2, -0.15) is 0 Å². The molecule has 0 heterocycles. The fourth-order valence-corrected chi connectivity index (χ4v) is 2.17. The summed E-state index contributed by atoms with van der Waals surface area (Å²) in [5.41, 5.74) is 1.94. The van der Waals surface area contributed by atoms with Crippen molar-refractivity contribution in [2.24, 2.45) is 0 Å². The highest BCUT2D eigenvalue weighted by atomic mass is 19.1. The molecule has 2 aromatic rings. The van der Waals surface area contributed by atoms with Crippen LogP contribution in [-0.2, 0) is 16.0 Å². The van der Waals surface area contributed by atoms with Crippen molar-refractivity contribution < 1.29 is 14.0 Å². The lowest BCUT2D eigenvalue weighted by molar-refractivity contribution is -0.115. The molecule has 0 aliphatic rings. The molecule has 3 N–H and O–H groups in total. The second kappa shape index (κ2) is 8.79. The first-order chi connectivity index (χ1) is 11.5. The van der Waals surface area contributed by atoms with Crippen molar-refractivity contribution in [3.8, 4) is 0 Å². The summed E-state index contributed by atoms with van der Waals surface area (Å²) in [6.45, 7) is 2.08. The molecular weight excluding hydrogens is 309 g/mol. The minimum atomic E-state index is -0.233. The van der Waals surface area contributed by atoms with Crippen molar-refractivity contribution >= 4 is 23.2 Å². The van der Waals surface area contributed by atoms with E-state index in [4.69, 9.17) is 0 Å². The van der Waals surface area contributed by atoms with Gasteiger partial charge >= 0.3 is 0 Å². The van der Waals surface area contributed by atoms with Gasteiger partial charge in [0.15, 0.2) is 0 Å². The zero-order valence-electron chi connectivity index (χ0n) is 13.4. The second-order valence-electron chi connectivity index (χ2n) is 5.32. The zero-order chi connectivity index (χ0) is 17.4. The first kappa shape index (κ1) is 17.6. The van der Waals surface area contributed by atoms with E-state index in [2.05, 4.69) is 16.0 Å². The quantitative estimate of drug-likeness (QED) is 0.684. The predicted octanol–water partition coefficient (Wildman–Crippen LogP) is 2.55. The normalized spacial score (nSPS) is 10.2. The van der Waals surface area contributed by atoms with E-state index >= 15 is 0 Å². The van der Waals surface area contributed by atoms with Gasteiger partial charge in [-0.3, -0.25) is 9.59 Å². The molecule has 0 spiro atoms. The van der Waals surface area contributed by atoms with Crippen LogP contribution in [0.4, 0.5) is 15.8 Å². The van der Waals surface area contributed by atoms with Gasteiger partial charge in [-0.05, 0) is 48.9 Å². The van der Waals surface area contributed by atoms with E-state index in [9.17, 15) is 14.0 Å². The second-order valence-corrected chi connectivity index (χ2v) is 5.32. The number of hydrogen-bond acceptors (Lipinski definition) is 3. The van der Waals surface area contributed by atoms with Gasteiger partial charge in [0.25, 0.3) is 0 Å². The predicted molar refractivity (Wildman–Crippen MR) is 92.3 cm³/mol. The van der Waals surface area contributed by atoms with Crippen molar-refractivity contribution in [1.82, 2.24) is 5.32 Å². The monoisotopic (exact) mass is 329 g/mol. The van der Waals surface area contributed by atoms with Crippen LogP contribution in [0.15, 0.2) is 48.5 Å². The molecule has 0 aromatic heterocycles. The molecule has 2 rings (SSSR count). The van der Waals surface area contributed by atoms with Crippen LogP contribution in [0.2, 0.25) is 0 Å². The molecule has 6 heteroatoms. The maximum Gasteiger partial charge on any atom is 0.238 e. The van der Waals surface area contributed by atoms with Gasteiger partial charge in [0.2, 0.25) is 11.8 Å². The van der Waals surface area contributed by atoms with E-state index in [0.717, 1.165) is 0 Å². The molecule has 0 fully saturated rings. The van der Waals surface area contributed by atoms with Crippen LogP contribution in [0.1, 0.15) is 12.5 Å². The minimum absolute atomic E-state index is 0.141. The Morgan fingerprint density at radius 2 is 1.58 bits per heavy atom. The third kappa shape index (κ3) is 5.81. The Morgan fingerprint density at radius 3 is 2.21 bits per heavy atom. The summed E-state index contributed by atoms with van der Waals surface area (Å²) in [7, 11) is 0. The summed E-state index contributed by atoms with van der Waals surface area (Å²) in [5, 5.41) is 8.38. The highest BCUT2D eigenvalue weighted by Gasteiger charge is 2.04. The number of nitrogens with one attached hydrogen (secondary N) is 3. The van der Waals surface area contributed by atoms with Crippen LogP contribution in [0, 0.1) is 5.82 Å². The fraction of sp³-hybridized carbons (Fsp3) is 0.222. The first-order valence-corrected chi connectivity index (χ1v) is 7.66. The van der Waals surface area contributed by atoms with Gasteiger partial charge in [0, 0.05) is 18.3 Å². The van der Waals surface area contributed by atoms with Crippen LogP contribution in [-0.4, -0.2) is 24.9 Å². The number of halogens is 1.